The highest BCUT2D eigenvalue weighted by molar-refractivity contribution is 7.89. The summed E-state index contributed by atoms with van der Waals surface area (Å²) in [5.41, 5.74) is 3.73. The summed E-state index contributed by atoms with van der Waals surface area (Å²) in [4.78, 5) is 0.326. The average molecular weight is 361 g/mol. The smallest absolute Gasteiger partial charge is 0.241 e. The topological polar surface area (TPSA) is 64.6 Å². The van der Waals surface area contributed by atoms with E-state index in [4.69, 9.17) is 9.47 Å². The van der Waals surface area contributed by atoms with E-state index >= 15 is 0 Å². The van der Waals surface area contributed by atoms with E-state index in [1.54, 1.807) is 13.2 Å². The van der Waals surface area contributed by atoms with Crippen molar-refractivity contribution in [3.05, 3.63) is 52.6 Å². The molecule has 0 saturated heterocycles. The Hall–Kier alpha value is -2.05. The molecule has 1 N–H and O–H groups in total. The lowest BCUT2D eigenvalue weighted by Crippen LogP contribution is -2.42. The molecule has 0 aromatic heterocycles. The highest BCUT2D eigenvalue weighted by atomic mass is 32.2. The minimum Gasteiger partial charge on any atom is -0.493 e. The maximum Gasteiger partial charge on any atom is 0.241 e. The van der Waals surface area contributed by atoms with Gasteiger partial charge < -0.3 is 9.47 Å². The van der Waals surface area contributed by atoms with E-state index in [1.807, 2.05) is 45.0 Å². The van der Waals surface area contributed by atoms with Crippen LogP contribution < -0.4 is 14.2 Å². The second-order valence-corrected chi connectivity index (χ2v) is 8.17. The molecule has 1 aliphatic heterocycles. The summed E-state index contributed by atoms with van der Waals surface area (Å²) in [7, 11) is -2.02. The van der Waals surface area contributed by atoms with Crippen molar-refractivity contribution in [2.75, 3.05) is 13.7 Å². The highest BCUT2D eigenvalue weighted by Gasteiger charge is 2.28. The number of fused-ring (bicyclic) bond motifs is 1. The number of benzene rings is 2. The Morgan fingerprint density at radius 3 is 2.56 bits per heavy atom. The van der Waals surface area contributed by atoms with Gasteiger partial charge in [0.2, 0.25) is 10.0 Å². The van der Waals surface area contributed by atoms with Crippen LogP contribution in [0.3, 0.4) is 0 Å². The van der Waals surface area contributed by atoms with Gasteiger partial charge in [0, 0.05) is 0 Å². The van der Waals surface area contributed by atoms with Gasteiger partial charge in [-0.25, -0.2) is 13.1 Å². The van der Waals surface area contributed by atoms with Crippen molar-refractivity contribution in [1.29, 1.82) is 0 Å². The maximum absolute atomic E-state index is 12.8. The summed E-state index contributed by atoms with van der Waals surface area (Å²) in [6, 6.07) is 8.97. The Balaban J connectivity index is 1.84. The van der Waals surface area contributed by atoms with Crippen molar-refractivity contribution in [3.8, 4) is 11.5 Å². The van der Waals surface area contributed by atoms with Crippen LogP contribution in [0.5, 0.6) is 11.5 Å². The van der Waals surface area contributed by atoms with Gasteiger partial charge in [-0.15, -0.1) is 0 Å². The van der Waals surface area contributed by atoms with Gasteiger partial charge in [-0.2, -0.15) is 0 Å². The molecule has 2 aromatic rings. The van der Waals surface area contributed by atoms with Crippen molar-refractivity contribution in [2.45, 2.75) is 38.1 Å². The number of hydrogen-bond acceptors (Lipinski definition) is 4. The van der Waals surface area contributed by atoms with Crippen molar-refractivity contribution < 1.29 is 17.9 Å². The first-order chi connectivity index (χ1) is 11.8. The molecule has 0 fully saturated rings. The van der Waals surface area contributed by atoms with Gasteiger partial charge in [-0.1, -0.05) is 18.2 Å². The highest BCUT2D eigenvalue weighted by Crippen LogP contribution is 2.34. The van der Waals surface area contributed by atoms with Gasteiger partial charge in [0.1, 0.15) is 6.61 Å². The lowest BCUT2D eigenvalue weighted by molar-refractivity contribution is 0.240. The summed E-state index contributed by atoms with van der Waals surface area (Å²) >= 11 is 0. The minimum absolute atomic E-state index is 0.274. The third kappa shape index (κ3) is 3.50. The van der Waals surface area contributed by atoms with Crippen LogP contribution in [0.25, 0.3) is 0 Å². The zero-order valence-electron chi connectivity index (χ0n) is 14.9. The standard InChI is InChI=1S/C19H23NO4S/c1-12-8-14(3)18(9-13(12)2)25(21,22)20-16-10-15-6-5-7-17(23-4)19(15)24-11-16/h5-9,16,20H,10-11H2,1-4H3/t16-/m0/s1. The van der Waals surface area contributed by atoms with Gasteiger partial charge in [-0.05, 0) is 61.6 Å². The summed E-state index contributed by atoms with van der Waals surface area (Å²) < 4.78 is 39.5. The van der Waals surface area contributed by atoms with Gasteiger partial charge in [0.05, 0.1) is 18.0 Å². The Labute approximate surface area is 149 Å². The van der Waals surface area contributed by atoms with Crippen LogP contribution >= 0.6 is 0 Å². The minimum atomic E-state index is -3.61. The Bertz CT molecular complexity index is 906. The number of methoxy groups -OCH3 is 1. The first-order valence-electron chi connectivity index (χ1n) is 8.20. The fourth-order valence-corrected chi connectivity index (χ4v) is 4.67. The molecule has 0 unspecified atom stereocenters. The predicted molar refractivity (Wildman–Crippen MR) is 97.0 cm³/mol. The zero-order chi connectivity index (χ0) is 18.2. The lowest BCUT2D eigenvalue weighted by atomic mass is 10.0. The van der Waals surface area contributed by atoms with Crippen LogP contribution in [0.4, 0.5) is 0 Å². The summed E-state index contributed by atoms with van der Waals surface area (Å²) in [5, 5.41) is 0. The van der Waals surface area contributed by atoms with E-state index in [-0.39, 0.29) is 12.6 Å². The molecule has 1 aliphatic rings. The van der Waals surface area contributed by atoms with E-state index < -0.39 is 10.0 Å². The number of aryl methyl sites for hydroxylation is 3. The Morgan fingerprint density at radius 1 is 1.12 bits per heavy atom. The van der Waals surface area contributed by atoms with Crippen LogP contribution in [-0.2, 0) is 16.4 Å². The van der Waals surface area contributed by atoms with E-state index in [0.29, 0.717) is 22.8 Å². The summed E-state index contributed by atoms with van der Waals surface area (Å²) in [6.45, 7) is 5.99. The van der Waals surface area contributed by atoms with Crippen LogP contribution in [0.2, 0.25) is 0 Å². The quantitative estimate of drug-likeness (QED) is 0.909. The SMILES string of the molecule is COc1cccc2c1OC[C@@H](NS(=O)(=O)c1cc(C)c(C)cc1C)C2. The Kier molecular flexibility index (Phi) is 4.75. The van der Waals surface area contributed by atoms with Crippen LogP contribution in [0, 0.1) is 20.8 Å². The monoisotopic (exact) mass is 361 g/mol. The molecule has 1 heterocycles. The molecule has 0 bridgehead atoms. The largest absolute Gasteiger partial charge is 0.493 e. The third-order valence-corrected chi connectivity index (χ3v) is 6.24. The van der Waals surface area contributed by atoms with Gasteiger partial charge in [0.25, 0.3) is 0 Å². The molecule has 134 valence electrons. The van der Waals surface area contributed by atoms with Gasteiger partial charge in [-0.3, -0.25) is 0 Å². The number of rotatable bonds is 4. The van der Waals surface area contributed by atoms with E-state index in [0.717, 1.165) is 22.3 Å². The summed E-state index contributed by atoms with van der Waals surface area (Å²) in [6.07, 6.45) is 0.565. The number of ether oxygens (including phenoxy) is 2. The molecule has 1 atom stereocenters. The van der Waals surface area contributed by atoms with Crippen LogP contribution in [-0.4, -0.2) is 28.2 Å². The predicted octanol–water partition coefficient (Wildman–Crippen LogP) is 2.90. The molecule has 0 saturated carbocycles. The molecule has 0 amide bonds. The second-order valence-electron chi connectivity index (χ2n) is 6.48. The fourth-order valence-electron chi connectivity index (χ4n) is 3.14. The molecule has 3 rings (SSSR count). The van der Waals surface area contributed by atoms with Crippen LogP contribution in [0.15, 0.2) is 35.2 Å². The maximum atomic E-state index is 12.8. The second kappa shape index (κ2) is 6.69. The molecule has 0 spiro atoms. The average Bonchev–Trinajstić information content (AvgIpc) is 2.56. The molecular formula is C19H23NO4S. The Morgan fingerprint density at radius 2 is 1.84 bits per heavy atom. The number of hydrogen-bond donors (Lipinski definition) is 1. The lowest BCUT2D eigenvalue weighted by Gasteiger charge is -2.27. The van der Waals surface area contributed by atoms with E-state index in [9.17, 15) is 8.42 Å². The van der Waals surface area contributed by atoms with Crippen molar-refractivity contribution >= 4 is 10.0 Å². The van der Waals surface area contributed by atoms with E-state index in [2.05, 4.69) is 4.72 Å². The van der Waals surface area contributed by atoms with Crippen LogP contribution in [0.1, 0.15) is 22.3 Å². The number of para-hydroxylation sites is 1. The fraction of sp³-hybridized carbons (Fsp3) is 0.368. The van der Waals surface area contributed by atoms with Crippen molar-refractivity contribution in [1.82, 2.24) is 4.72 Å². The first-order valence-corrected chi connectivity index (χ1v) is 9.69. The molecule has 0 radical (unpaired) electrons. The normalized spacial score (nSPS) is 16.9. The molecule has 5 nitrogen and oxygen atoms in total. The summed E-state index contributed by atoms with van der Waals surface area (Å²) in [5.74, 6) is 1.37. The third-order valence-electron chi connectivity index (χ3n) is 4.58. The molecule has 6 heteroatoms. The van der Waals surface area contributed by atoms with E-state index in [1.165, 1.54) is 0 Å². The molecular weight excluding hydrogens is 338 g/mol. The van der Waals surface area contributed by atoms with Crippen molar-refractivity contribution in [3.63, 3.8) is 0 Å². The molecule has 25 heavy (non-hydrogen) atoms. The number of nitrogens with one attached hydrogen (secondary N) is 1. The van der Waals surface area contributed by atoms with Gasteiger partial charge in [0.15, 0.2) is 11.5 Å². The molecule has 2 aromatic carbocycles. The first kappa shape index (κ1) is 17.8. The number of sulfonamides is 1. The van der Waals surface area contributed by atoms with Gasteiger partial charge >= 0.3 is 0 Å². The zero-order valence-corrected chi connectivity index (χ0v) is 15.7. The molecule has 0 aliphatic carbocycles. The van der Waals surface area contributed by atoms with Crippen molar-refractivity contribution in [2.24, 2.45) is 0 Å².